The first-order valence-electron chi connectivity index (χ1n) is 7.45. The molecule has 5 nitrogen and oxygen atoms in total. The third kappa shape index (κ3) is 6.08. The van der Waals surface area contributed by atoms with E-state index < -0.39 is 6.10 Å². The van der Waals surface area contributed by atoms with Crippen LogP contribution >= 0.6 is 0 Å². The Balaban J connectivity index is 2.51. The van der Waals surface area contributed by atoms with Crippen molar-refractivity contribution in [3.63, 3.8) is 0 Å². The number of carbonyl (C=O) groups excluding carboxylic acids is 2. The van der Waals surface area contributed by atoms with E-state index >= 15 is 0 Å². The van der Waals surface area contributed by atoms with Crippen molar-refractivity contribution in [2.24, 2.45) is 5.92 Å². The Bertz CT molecular complexity index is 366. The molecule has 0 aliphatic carbocycles. The van der Waals surface area contributed by atoms with Crippen LogP contribution in [0.25, 0.3) is 0 Å². The molecule has 1 heterocycles. The minimum absolute atomic E-state index is 0.0322. The van der Waals surface area contributed by atoms with E-state index in [2.05, 4.69) is 0 Å². The highest BCUT2D eigenvalue weighted by molar-refractivity contribution is 5.78. The van der Waals surface area contributed by atoms with Gasteiger partial charge < -0.3 is 19.4 Å². The second-order valence-electron chi connectivity index (χ2n) is 5.66. The van der Waals surface area contributed by atoms with Crippen LogP contribution in [0.5, 0.6) is 0 Å². The molecule has 1 N–H and O–H groups in total. The van der Waals surface area contributed by atoms with E-state index in [9.17, 15) is 14.7 Å². The Labute approximate surface area is 126 Å². The van der Waals surface area contributed by atoms with Gasteiger partial charge in [-0.25, -0.2) is 0 Å². The van der Waals surface area contributed by atoms with Crippen LogP contribution in [-0.4, -0.2) is 48.7 Å². The van der Waals surface area contributed by atoms with Crippen molar-refractivity contribution in [2.75, 3.05) is 7.11 Å². The number of carbonyl (C=O) groups is 2. The SMILES string of the molecule is CO[C@@H](C[C@@H]1CC=C[C@@H](C[C@@H](O)CC=O)O1)[C@@H](C)C(C)=O. The lowest BCUT2D eigenvalue weighted by atomic mass is 9.93. The monoisotopic (exact) mass is 298 g/mol. The van der Waals surface area contributed by atoms with Crippen LogP contribution in [0, 0.1) is 5.92 Å². The number of hydrogen-bond acceptors (Lipinski definition) is 5. The maximum Gasteiger partial charge on any atom is 0.135 e. The average molecular weight is 298 g/mol. The average Bonchev–Trinajstić information content (AvgIpc) is 2.44. The number of Topliss-reactive ketones (excluding diaryl/α,β-unsaturated/α-hetero) is 1. The standard InChI is InChI=1S/C16H26O5/c1-11(12(2)18)16(20-3)10-15-6-4-5-14(21-15)9-13(19)7-8-17/h4-5,8,11,13-16,19H,6-7,9-10H2,1-3H3/t11-,13-,14-,15-,16-/m0/s1. The lowest BCUT2D eigenvalue weighted by Gasteiger charge is -2.31. The maximum absolute atomic E-state index is 11.5. The number of ether oxygens (including phenoxy) is 2. The first-order valence-corrected chi connectivity index (χ1v) is 7.45. The second-order valence-corrected chi connectivity index (χ2v) is 5.66. The molecule has 21 heavy (non-hydrogen) atoms. The van der Waals surface area contributed by atoms with Crippen molar-refractivity contribution in [3.05, 3.63) is 12.2 Å². The van der Waals surface area contributed by atoms with Gasteiger partial charge in [-0.15, -0.1) is 0 Å². The maximum atomic E-state index is 11.5. The number of aldehydes is 1. The summed E-state index contributed by atoms with van der Waals surface area (Å²) >= 11 is 0. The summed E-state index contributed by atoms with van der Waals surface area (Å²) in [6.07, 6.45) is 5.53. The van der Waals surface area contributed by atoms with Crippen LogP contribution < -0.4 is 0 Å². The van der Waals surface area contributed by atoms with Crippen LogP contribution in [0.15, 0.2) is 12.2 Å². The Kier molecular flexibility index (Phi) is 7.78. The molecule has 1 aliphatic heterocycles. The number of rotatable bonds is 9. The fourth-order valence-electron chi connectivity index (χ4n) is 2.52. The van der Waals surface area contributed by atoms with E-state index in [0.29, 0.717) is 19.1 Å². The predicted molar refractivity (Wildman–Crippen MR) is 79.0 cm³/mol. The highest BCUT2D eigenvalue weighted by Gasteiger charge is 2.27. The molecule has 1 rings (SSSR count). The molecular formula is C16H26O5. The van der Waals surface area contributed by atoms with Gasteiger partial charge in [-0.1, -0.05) is 19.1 Å². The molecule has 0 fully saturated rings. The zero-order valence-electron chi connectivity index (χ0n) is 13.0. The molecular weight excluding hydrogens is 272 g/mol. The first kappa shape index (κ1) is 18.0. The molecule has 0 spiro atoms. The zero-order chi connectivity index (χ0) is 15.8. The second kappa shape index (κ2) is 9.07. The molecule has 0 unspecified atom stereocenters. The lowest BCUT2D eigenvalue weighted by Crippen LogP contribution is -2.34. The molecule has 120 valence electrons. The predicted octanol–water partition coefficient (Wildman–Crippen LogP) is 1.67. The highest BCUT2D eigenvalue weighted by atomic mass is 16.5. The Hall–Kier alpha value is -1.04. The first-order chi connectivity index (χ1) is 9.97. The van der Waals surface area contributed by atoms with E-state index in [0.717, 1.165) is 6.42 Å². The largest absolute Gasteiger partial charge is 0.393 e. The summed E-state index contributed by atoms with van der Waals surface area (Å²) < 4.78 is 11.3. The van der Waals surface area contributed by atoms with E-state index in [1.807, 2.05) is 19.1 Å². The molecule has 0 aromatic rings. The van der Waals surface area contributed by atoms with Gasteiger partial charge in [-0.3, -0.25) is 4.79 Å². The van der Waals surface area contributed by atoms with E-state index in [1.54, 1.807) is 14.0 Å². The van der Waals surface area contributed by atoms with E-state index in [4.69, 9.17) is 9.47 Å². The van der Waals surface area contributed by atoms with Crippen LogP contribution in [0.3, 0.4) is 0 Å². The summed E-state index contributed by atoms with van der Waals surface area (Å²) in [5, 5.41) is 9.66. The van der Waals surface area contributed by atoms with Gasteiger partial charge in [0.1, 0.15) is 12.1 Å². The van der Waals surface area contributed by atoms with Gasteiger partial charge >= 0.3 is 0 Å². The molecule has 0 saturated heterocycles. The number of methoxy groups -OCH3 is 1. The number of ketones is 1. The highest BCUT2D eigenvalue weighted by Crippen LogP contribution is 2.23. The van der Waals surface area contributed by atoms with Crippen molar-refractivity contribution < 1.29 is 24.2 Å². The quantitative estimate of drug-likeness (QED) is 0.518. The summed E-state index contributed by atoms with van der Waals surface area (Å²) in [7, 11) is 1.61. The summed E-state index contributed by atoms with van der Waals surface area (Å²) in [6, 6.07) is 0. The number of aliphatic hydroxyl groups is 1. The third-order valence-corrected chi connectivity index (χ3v) is 3.99. The fraction of sp³-hybridized carbons (Fsp3) is 0.750. The van der Waals surface area contributed by atoms with Crippen molar-refractivity contribution in [2.45, 2.75) is 63.9 Å². The summed E-state index contributed by atoms with van der Waals surface area (Å²) in [6.45, 7) is 3.43. The summed E-state index contributed by atoms with van der Waals surface area (Å²) in [5.74, 6) is -0.0604. The van der Waals surface area contributed by atoms with Crippen LogP contribution in [-0.2, 0) is 19.1 Å². The molecule has 0 aromatic carbocycles. The smallest absolute Gasteiger partial charge is 0.135 e. The summed E-state index contributed by atoms with van der Waals surface area (Å²) in [5.41, 5.74) is 0. The van der Waals surface area contributed by atoms with Crippen molar-refractivity contribution in [1.29, 1.82) is 0 Å². The van der Waals surface area contributed by atoms with Crippen LogP contribution in [0.2, 0.25) is 0 Å². The minimum atomic E-state index is -0.676. The molecule has 1 aliphatic rings. The molecule has 0 amide bonds. The van der Waals surface area contributed by atoms with Gasteiger partial charge in [0.25, 0.3) is 0 Å². The fourth-order valence-corrected chi connectivity index (χ4v) is 2.52. The summed E-state index contributed by atoms with van der Waals surface area (Å²) in [4.78, 5) is 21.8. The van der Waals surface area contributed by atoms with Crippen LogP contribution in [0.1, 0.15) is 39.5 Å². The molecule has 0 aromatic heterocycles. The Morgan fingerprint density at radius 1 is 1.52 bits per heavy atom. The Morgan fingerprint density at radius 2 is 2.24 bits per heavy atom. The normalized spacial score (nSPS) is 26.1. The van der Waals surface area contributed by atoms with Gasteiger partial charge in [0.2, 0.25) is 0 Å². The van der Waals surface area contributed by atoms with Gasteiger partial charge in [0.15, 0.2) is 0 Å². The van der Waals surface area contributed by atoms with E-state index in [-0.39, 0.29) is 36.4 Å². The minimum Gasteiger partial charge on any atom is -0.393 e. The molecule has 5 heteroatoms. The van der Waals surface area contributed by atoms with Gasteiger partial charge in [-0.2, -0.15) is 0 Å². The van der Waals surface area contributed by atoms with Crippen molar-refractivity contribution in [3.8, 4) is 0 Å². The molecule has 0 bridgehead atoms. The third-order valence-electron chi connectivity index (χ3n) is 3.99. The van der Waals surface area contributed by atoms with Gasteiger partial charge in [-0.05, 0) is 13.3 Å². The van der Waals surface area contributed by atoms with Crippen molar-refractivity contribution >= 4 is 12.1 Å². The molecule has 0 radical (unpaired) electrons. The number of aliphatic hydroxyl groups excluding tert-OH is 1. The Morgan fingerprint density at radius 3 is 2.81 bits per heavy atom. The zero-order valence-corrected chi connectivity index (χ0v) is 13.0. The molecule has 5 atom stereocenters. The van der Waals surface area contributed by atoms with Crippen LogP contribution in [0.4, 0.5) is 0 Å². The molecule has 0 saturated carbocycles. The lowest BCUT2D eigenvalue weighted by molar-refractivity contribution is -0.126. The van der Waals surface area contributed by atoms with Gasteiger partial charge in [0.05, 0.1) is 24.4 Å². The van der Waals surface area contributed by atoms with Crippen molar-refractivity contribution in [1.82, 2.24) is 0 Å². The van der Waals surface area contributed by atoms with E-state index in [1.165, 1.54) is 0 Å². The van der Waals surface area contributed by atoms with Gasteiger partial charge in [0, 0.05) is 32.3 Å². The number of hydrogen-bond donors (Lipinski definition) is 1. The topological polar surface area (TPSA) is 72.8 Å².